The Morgan fingerprint density at radius 3 is 2.44 bits per heavy atom. The van der Waals surface area contributed by atoms with Crippen molar-refractivity contribution in [2.45, 2.75) is 32.7 Å². The van der Waals surface area contributed by atoms with Gasteiger partial charge in [-0.15, -0.1) is 6.58 Å². The Morgan fingerprint density at radius 2 is 1.89 bits per heavy atom. The third kappa shape index (κ3) is 5.74. The van der Waals surface area contributed by atoms with Crippen LogP contribution in [0.15, 0.2) is 36.9 Å². The molecule has 0 heterocycles. The van der Waals surface area contributed by atoms with Gasteiger partial charge >= 0.3 is 0 Å². The Bertz CT molecular complexity index is 348. The van der Waals surface area contributed by atoms with Gasteiger partial charge in [-0.25, -0.2) is 0 Å². The Hall–Kier alpha value is -0.730. The van der Waals surface area contributed by atoms with Gasteiger partial charge in [0.05, 0.1) is 0 Å². The maximum atomic E-state index is 3.71. The molecule has 18 heavy (non-hydrogen) atoms. The standard InChI is InChI=1S/C16H25NS/c1-5-11-18-12-10-17-13-14-6-8-15(9-7-14)16(2,3)4/h5-9,17H,1,10-13H2,2-4H3. The summed E-state index contributed by atoms with van der Waals surface area (Å²) in [5.41, 5.74) is 3.00. The first kappa shape index (κ1) is 15.3. The average Bonchev–Trinajstić information content (AvgIpc) is 2.33. The zero-order valence-electron chi connectivity index (χ0n) is 11.8. The molecule has 1 nitrogen and oxygen atoms in total. The molecule has 0 fully saturated rings. The molecule has 2 heteroatoms. The summed E-state index contributed by atoms with van der Waals surface area (Å²) in [6, 6.07) is 8.93. The van der Waals surface area contributed by atoms with Crippen molar-refractivity contribution < 1.29 is 0 Å². The molecule has 0 aliphatic heterocycles. The third-order valence-corrected chi connectivity index (χ3v) is 3.77. The van der Waals surface area contributed by atoms with Crippen molar-refractivity contribution in [1.82, 2.24) is 5.32 Å². The molecule has 0 spiro atoms. The minimum absolute atomic E-state index is 0.243. The maximum Gasteiger partial charge on any atom is 0.0205 e. The number of benzene rings is 1. The van der Waals surface area contributed by atoms with Crippen molar-refractivity contribution in [3.63, 3.8) is 0 Å². The highest BCUT2D eigenvalue weighted by molar-refractivity contribution is 7.99. The van der Waals surface area contributed by atoms with Gasteiger partial charge in [0, 0.05) is 24.6 Å². The zero-order chi connectivity index (χ0) is 13.4. The molecule has 0 radical (unpaired) electrons. The fourth-order valence-corrected chi connectivity index (χ4v) is 2.29. The number of rotatable bonds is 7. The van der Waals surface area contributed by atoms with Gasteiger partial charge in [-0.05, 0) is 16.5 Å². The molecule has 1 N–H and O–H groups in total. The van der Waals surface area contributed by atoms with Crippen molar-refractivity contribution in [3.8, 4) is 0 Å². The molecule has 0 saturated heterocycles. The Balaban J connectivity index is 2.29. The molecule has 0 unspecified atom stereocenters. The van der Waals surface area contributed by atoms with E-state index >= 15 is 0 Å². The van der Waals surface area contributed by atoms with Crippen LogP contribution >= 0.6 is 11.8 Å². The van der Waals surface area contributed by atoms with E-state index in [9.17, 15) is 0 Å². The summed E-state index contributed by atoms with van der Waals surface area (Å²) in [4.78, 5) is 0. The van der Waals surface area contributed by atoms with E-state index in [2.05, 4.69) is 56.9 Å². The summed E-state index contributed by atoms with van der Waals surface area (Å²) in [6.45, 7) is 12.5. The fraction of sp³-hybridized carbons (Fsp3) is 0.500. The van der Waals surface area contributed by atoms with Gasteiger partial charge in [0.1, 0.15) is 0 Å². The maximum absolute atomic E-state index is 3.71. The molecular weight excluding hydrogens is 238 g/mol. The SMILES string of the molecule is C=CCSCCNCc1ccc(C(C)(C)C)cc1. The van der Waals surface area contributed by atoms with Crippen LogP contribution in [-0.2, 0) is 12.0 Å². The minimum atomic E-state index is 0.243. The summed E-state index contributed by atoms with van der Waals surface area (Å²) in [5.74, 6) is 2.19. The van der Waals surface area contributed by atoms with Crippen LogP contribution in [0, 0.1) is 0 Å². The monoisotopic (exact) mass is 263 g/mol. The summed E-state index contributed by atoms with van der Waals surface area (Å²) < 4.78 is 0. The number of hydrogen-bond donors (Lipinski definition) is 1. The molecule has 0 aliphatic carbocycles. The Labute approximate surface area is 116 Å². The summed E-state index contributed by atoms with van der Waals surface area (Å²) in [6.07, 6.45) is 1.95. The van der Waals surface area contributed by atoms with Crippen molar-refractivity contribution in [3.05, 3.63) is 48.0 Å². The van der Waals surface area contributed by atoms with Crippen LogP contribution in [0.5, 0.6) is 0 Å². The zero-order valence-corrected chi connectivity index (χ0v) is 12.6. The molecule has 0 saturated carbocycles. The van der Waals surface area contributed by atoms with E-state index in [1.54, 1.807) is 0 Å². The van der Waals surface area contributed by atoms with E-state index < -0.39 is 0 Å². The van der Waals surface area contributed by atoms with Gasteiger partial charge in [-0.3, -0.25) is 0 Å². The second kappa shape index (κ2) is 7.65. The summed E-state index contributed by atoms with van der Waals surface area (Å²) >= 11 is 1.91. The van der Waals surface area contributed by atoms with Crippen molar-refractivity contribution in [1.29, 1.82) is 0 Å². The molecule has 0 amide bonds. The second-order valence-corrected chi connectivity index (χ2v) is 6.64. The topological polar surface area (TPSA) is 12.0 Å². The molecule has 1 aromatic rings. The molecule has 1 aromatic carbocycles. The highest BCUT2D eigenvalue weighted by atomic mass is 32.2. The van der Waals surface area contributed by atoms with E-state index in [1.165, 1.54) is 11.1 Å². The highest BCUT2D eigenvalue weighted by Gasteiger charge is 2.12. The van der Waals surface area contributed by atoms with Crippen molar-refractivity contribution in [2.24, 2.45) is 0 Å². The first-order valence-electron chi connectivity index (χ1n) is 6.53. The number of hydrogen-bond acceptors (Lipinski definition) is 2. The number of nitrogens with one attached hydrogen (secondary N) is 1. The van der Waals surface area contributed by atoms with Gasteiger partial charge in [-0.2, -0.15) is 11.8 Å². The predicted octanol–water partition coefficient (Wildman–Crippen LogP) is 3.99. The van der Waals surface area contributed by atoms with Crippen molar-refractivity contribution in [2.75, 3.05) is 18.1 Å². The molecule has 0 bridgehead atoms. The summed E-state index contributed by atoms with van der Waals surface area (Å²) in [5, 5.41) is 3.46. The van der Waals surface area contributed by atoms with Gasteiger partial charge in [0.2, 0.25) is 0 Å². The van der Waals surface area contributed by atoms with Crippen molar-refractivity contribution >= 4 is 11.8 Å². The van der Waals surface area contributed by atoms with Gasteiger partial charge < -0.3 is 5.32 Å². The first-order chi connectivity index (χ1) is 8.54. The predicted molar refractivity (Wildman–Crippen MR) is 84.4 cm³/mol. The number of thioether (sulfide) groups is 1. The van der Waals surface area contributed by atoms with Crippen LogP contribution in [0.2, 0.25) is 0 Å². The van der Waals surface area contributed by atoms with E-state index in [0.717, 1.165) is 24.6 Å². The van der Waals surface area contributed by atoms with Crippen LogP contribution in [0.1, 0.15) is 31.9 Å². The second-order valence-electron chi connectivity index (χ2n) is 5.49. The smallest absolute Gasteiger partial charge is 0.0205 e. The van der Waals surface area contributed by atoms with E-state index in [-0.39, 0.29) is 5.41 Å². The van der Waals surface area contributed by atoms with Crippen LogP contribution in [-0.4, -0.2) is 18.1 Å². The Morgan fingerprint density at radius 1 is 1.22 bits per heavy atom. The lowest BCUT2D eigenvalue weighted by atomic mass is 9.87. The third-order valence-electron chi connectivity index (χ3n) is 2.81. The molecule has 0 aliphatic rings. The molecule has 100 valence electrons. The lowest BCUT2D eigenvalue weighted by molar-refractivity contribution is 0.589. The van der Waals surface area contributed by atoms with E-state index in [0.29, 0.717) is 0 Å². The van der Waals surface area contributed by atoms with Gasteiger partial charge in [0.15, 0.2) is 0 Å². The molecule has 0 atom stereocenters. The lowest BCUT2D eigenvalue weighted by Crippen LogP contribution is -2.17. The average molecular weight is 263 g/mol. The molecule has 0 aromatic heterocycles. The quantitative estimate of drug-likeness (QED) is 0.589. The molecular formula is C16H25NS. The van der Waals surface area contributed by atoms with Crippen LogP contribution < -0.4 is 5.32 Å². The van der Waals surface area contributed by atoms with E-state index in [1.807, 2.05) is 17.8 Å². The van der Waals surface area contributed by atoms with Crippen LogP contribution in [0.4, 0.5) is 0 Å². The lowest BCUT2D eigenvalue weighted by Gasteiger charge is -2.19. The largest absolute Gasteiger partial charge is 0.312 e. The molecule has 1 rings (SSSR count). The normalized spacial score (nSPS) is 11.5. The fourth-order valence-electron chi connectivity index (χ4n) is 1.67. The minimum Gasteiger partial charge on any atom is -0.312 e. The highest BCUT2D eigenvalue weighted by Crippen LogP contribution is 2.22. The Kier molecular flexibility index (Phi) is 6.51. The van der Waals surface area contributed by atoms with Crippen LogP contribution in [0.25, 0.3) is 0 Å². The van der Waals surface area contributed by atoms with Gasteiger partial charge in [0.25, 0.3) is 0 Å². The summed E-state index contributed by atoms with van der Waals surface area (Å²) in [7, 11) is 0. The first-order valence-corrected chi connectivity index (χ1v) is 7.68. The van der Waals surface area contributed by atoms with Gasteiger partial charge in [-0.1, -0.05) is 51.1 Å². The van der Waals surface area contributed by atoms with Crippen LogP contribution in [0.3, 0.4) is 0 Å². The van der Waals surface area contributed by atoms with E-state index in [4.69, 9.17) is 0 Å².